The van der Waals surface area contributed by atoms with Crippen LogP contribution in [0.4, 0.5) is 0 Å². The highest BCUT2D eigenvalue weighted by atomic mass is 35.5. The molecule has 100 valence electrons. The maximum absolute atomic E-state index is 12.2. The van der Waals surface area contributed by atoms with Gasteiger partial charge in [0.25, 0.3) is 0 Å². The number of Topliss-reactive ketones (excluding diaryl/α,β-unsaturated/α-hetero) is 1. The smallest absolute Gasteiger partial charge is 0.179 e. The van der Waals surface area contributed by atoms with E-state index in [0.717, 1.165) is 12.8 Å². The molecule has 0 radical (unpaired) electrons. The molecule has 0 fully saturated rings. The van der Waals surface area contributed by atoms with Crippen LogP contribution in [-0.4, -0.2) is 20.0 Å². The van der Waals surface area contributed by atoms with E-state index in [9.17, 15) is 4.79 Å². The Kier molecular flexibility index (Phi) is 5.48. The lowest BCUT2D eigenvalue weighted by Gasteiger charge is -2.13. The Bertz CT molecular complexity index is 429. The van der Waals surface area contributed by atoms with Crippen molar-refractivity contribution in [2.45, 2.75) is 26.7 Å². The number of hydrogen-bond acceptors (Lipinski definition) is 3. The van der Waals surface area contributed by atoms with Crippen molar-refractivity contribution >= 4 is 17.4 Å². The van der Waals surface area contributed by atoms with Gasteiger partial charge in [-0.3, -0.25) is 4.79 Å². The number of ether oxygens (including phenoxy) is 2. The minimum Gasteiger partial charge on any atom is -0.493 e. The summed E-state index contributed by atoms with van der Waals surface area (Å²) in [5.41, 5.74) is 0.568. The van der Waals surface area contributed by atoms with Crippen molar-refractivity contribution in [1.82, 2.24) is 0 Å². The molecule has 0 aromatic heterocycles. The average molecular weight is 271 g/mol. The molecule has 3 nitrogen and oxygen atoms in total. The van der Waals surface area contributed by atoms with Gasteiger partial charge in [0.15, 0.2) is 17.3 Å². The molecule has 1 atom stereocenters. The van der Waals surface area contributed by atoms with Gasteiger partial charge in [-0.15, -0.1) is 0 Å². The van der Waals surface area contributed by atoms with Gasteiger partial charge in [-0.2, -0.15) is 0 Å². The minimum atomic E-state index is -0.0100. The van der Waals surface area contributed by atoms with Gasteiger partial charge >= 0.3 is 0 Å². The molecule has 0 heterocycles. The zero-order valence-electron chi connectivity index (χ0n) is 11.2. The van der Waals surface area contributed by atoms with Crippen molar-refractivity contribution in [3.05, 3.63) is 22.7 Å². The number of carbonyl (C=O) groups excluding carboxylic acids is 1. The van der Waals surface area contributed by atoms with Gasteiger partial charge in [-0.05, 0) is 18.6 Å². The van der Waals surface area contributed by atoms with E-state index >= 15 is 0 Å². The zero-order valence-corrected chi connectivity index (χ0v) is 12.0. The van der Waals surface area contributed by atoms with Crippen LogP contribution in [0.3, 0.4) is 0 Å². The quantitative estimate of drug-likeness (QED) is 0.734. The summed E-state index contributed by atoms with van der Waals surface area (Å²) in [6.45, 7) is 3.99. The van der Waals surface area contributed by atoms with Crippen molar-refractivity contribution < 1.29 is 14.3 Å². The molecule has 1 aromatic carbocycles. The van der Waals surface area contributed by atoms with Crippen molar-refractivity contribution in [2.75, 3.05) is 14.2 Å². The molecule has 0 N–H and O–H groups in total. The molecule has 0 saturated heterocycles. The van der Waals surface area contributed by atoms with Crippen molar-refractivity contribution in [2.24, 2.45) is 5.92 Å². The number of hydrogen-bond donors (Lipinski definition) is 0. The number of rotatable bonds is 6. The Morgan fingerprint density at radius 2 is 2.00 bits per heavy atom. The Morgan fingerprint density at radius 1 is 1.33 bits per heavy atom. The fourth-order valence-corrected chi connectivity index (χ4v) is 2.20. The largest absolute Gasteiger partial charge is 0.493 e. The topological polar surface area (TPSA) is 35.5 Å². The summed E-state index contributed by atoms with van der Waals surface area (Å²) >= 11 is 6.08. The SMILES string of the molecule is CCCC(C)C(=O)c1cc(Cl)c(OC)c(OC)c1. The van der Waals surface area contributed by atoms with Gasteiger partial charge in [0, 0.05) is 11.5 Å². The first-order chi connectivity index (χ1) is 8.54. The molecule has 18 heavy (non-hydrogen) atoms. The molecule has 1 aromatic rings. The monoisotopic (exact) mass is 270 g/mol. The lowest BCUT2D eigenvalue weighted by molar-refractivity contribution is 0.0923. The summed E-state index contributed by atoms with van der Waals surface area (Å²) in [4.78, 5) is 12.2. The fraction of sp³-hybridized carbons (Fsp3) is 0.500. The van der Waals surface area contributed by atoms with Crippen LogP contribution >= 0.6 is 11.6 Å². The summed E-state index contributed by atoms with van der Waals surface area (Å²) in [6.07, 6.45) is 1.85. The Labute approximate surface area is 113 Å². The van der Waals surface area contributed by atoms with Gasteiger partial charge in [-0.25, -0.2) is 0 Å². The molecule has 1 unspecified atom stereocenters. The van der Waals surface area contributed by atoms with E-state index in [4.69, 9.17) is 21.1 Å². The molecule has 0 aliphatic heterocycles. The Morgan fingerprint density at radius 3 is 2.50 bits per heavy atom. The van der Waals surface area contributed by atoms with Crippen LogP contribution in [0, 0.1) is 5.92 Å². The first-order valence-electron chi connectivity index (χ1n) is 6.00. The van der Waals surface area contributed by atoms with E-state index in [1.54, 1.807) is 12.1 Å². The Hall–Kier alpha value is -1.22. The summed E-state index contributed by atoms with van der Waals surface area (Å²) in [6, 6.07) is 3.32. The molecule has 0 aliphatic rings. The number of carbonyl (C=O) groups is 1. The molecule has 0 spiro atoms. The molecule has 4 heteroatoms. The molecular weight excluding hydrogens is 252 g/mol. The predicted molar refractivity (Wildman–Crippen MR) is 73.0 cm³/mol. The molecular formula is C14H19ClO3. The maximum atomic E-state index is 12.2. The lowest BCUT2D eigenvalue weighted by atomic mass is 9.95. The standard InChI is InChI=1S/C14H19ClO3/c1-5-6-9(2)13(16)10-7-11(15)14(18-4)12(8-10)17-3/h7-9H,5-6H2,1-4H3. The van der Waals surface area contributed by atoms with Gasteiger partial charge in [-0.1, -0.05) is 31.9 Å². The van der Waals surface area contributed by atoms with Crippen LogP contribution in [0.2, 0.25) is 5.02 Å². The summed E-state index contributed by atoms with van der Waals surface area (Å²) < 4.78 is 10.3. The normalized spacial score (nSPS) is 12.1. The third-order valence-electron chi connectivity index (χ3n) is 2.89. The number of halogens is 1. The molecule has 0 bridgehead atoms. The van der Waals surface area contributed by atoms with E-state index in [1.165, 1.54) is 14.2 Å². The third kappa shape index (κ3) is 3.16. The highest BCUT2D eigenvalue weighted by Gasteiger charge is 2.19. The van der Waals surface area contributed by atoms with E-state index in [0.29, 0.717) is 22.1 Å². The highest BCUT2D eigenvalue weighted by molar-refractivity contribution is 6.32. The summed E-state index contributed by atoms with van der Waals surface area (Å²) in [7, 11) is 3.04. The van der Waals surface area contributed by atoms with E-state index in [-0.39, 0.29) is 11.7 Å². The van der Waals surface area contributed by atoms with Crippen molar-refractivity contribution in [3.63, 3.8) is 0 Å². The number of methoxy groups -OCH3 is 2. The second kappa shape index (κ2) is 6.64. The first kappa shape index (κ1) is 14.8. The summed E-state index contributed by atoms with van der Waals surface area (Å²) in [5.74, 6) is 1.01. The molecule has 1 rings (SSSR count). The van der Waals surface area contributed by atoms with Gasteiger partial charge in [0.05, 0.1) is 19.2 Å². The second-order valence-corrected chi connectivity index (χ2v) is 4.65. The number of benzene rings is 1. The van der Waals surface area contributed by atoms with E-state index in [1.807, 2.05) is 6.92 Å². The van der Waals surface area contributed by atoms with Crippen LogP contribution in [0.25, 0.3) is 0 Å². The van der Waals surface area contributed by atoms with E-state index in [2.05, 4.69) is 6.92 Å². The van der Waals surface area contributed by atoms with Gasteiger partial charge in [0.2, 0.25) is 0 Å². The molecule has 0 amide bonds. The van der Waals surface area contributed by atoms with Crippen LogP contribution in [-0.2, 0) is 0 Å². The molecule has 0 saturated carbocycles. The van der Waals surface area contributed by atoms with Gasteiger partial charge in [0.1, 0.15) is 0 Å². The van der Waals surface area contributed by atoms with Crippen LogP contribution in [0.5, 0.6) is 11.5 Å². The minimum absolute atomic E-state index is 0.0100. The van der Waals surface area contributed by atoms with Crippen LogP contribution in [0.15, 0.2) is 12.1 Å². The van der Waals surface area contributed by atoms with E-state index < -0.39 is 0 Å². The molecule has 0 aliphatic carbocycles. The highest BCUT2D eigenvalue weighted by Crippen LogP contribution is 2.36. The third-order valence-corrected chi connectivity index (χ3v) is 3.17. The lowest BCUT2D eigenvalue weighted by Crippen LogP contribution is -2.11. The van der Waals surface area contributed by atoms with Gasteiger partial charge < -0.3 is 9.47 Å². The second-order valence-electron chi connectivity index (χ2n) is 4.25. The Balaban J connectivity index is 3.11. The average Bonchev–Trinajstić information content (AvgIpc) is 2.36. The van der Waals surface area contributed by atoms with Crippen LogP contribution in [0.1, 0.15) is 37.0 Å². The predicted octanol–water partition coefficient (Wildman–Crippen LogP) is 3.98. The number of ketones is 1. The summed E-state index contributed by atoms with van der Waals surface area (Å²) in [5, 5.41) is 0.392. The van der Waals surface area contributed by atoms with Crippen molar-refractivity contribution in [3.8, 4) is 11.5 Å². The van der Waals surface area contributed by atoms with Crippen LogP contribution < -0.4 is 9.47 Å². The fourth-order valence-electron chi connectivity index (χ4n) is 1.91. The first-order valence-corrected chi connectivity index (χ1v) is 6.38. The zero-order chi connectivity index (χ0) is 13.7. The van der Waals surface area contributed by atoms with Crippen molar-refractivity contribution in [1.29, 1.82) is 0 Å². The maximum Gasteiger partial charge on any atom is 0.179 e.